The van der Waals surface area contributed by atoms with E-state index >= 15 is 0 Å². The molecule has 28 heavy (non-hydrogen) atoms. The number of benzene rings is 2. The lowest BCUT2D eigenvalue weighted by atomic mass is 9.96. The van der Waals surface area contributed by atoms with E-state index in [9.17, 15) is 13.2 Å². The second-order valence-electron chi connectivity index (χ2n) is 7.24. The van der Waals surface area contributed by atoms with Gasteiger partial charge in [0.25, 0.3) is 0 Å². The van der Waals surface area contributed by atoms with Crippen LogP contribution in [0.15, 0.2) is 36.4 Å². The Morgan fingerprint density at radius 2 is 1.64 bits per heavy atom. The van der Waals surface area contributed by atoms with Crippen LogP contribution in [0.25, 0.3) is 0 Å². The molecule has 0 aliphatic heterocycles. The molecule has 1 amide bonds. The fourth-order valence-electron chi connectivity index (χ4n) is 3.28. The van der Waals surface area contributed by atoms with Gasteiger partial charge in [0, 0.05) is 5.02 Å². The lowest BCUT2D eigenvalue weighted by molar-refractivity contribution is -0.122. The third-order valence-corrected chi connectivity index (χ3v) is 6.34. The Morgan fingerprint density at radius 1 is 1.04 bits per heavy atom. The van der Waals surface area contributed by atoms with E-state index in [1.165, 1.54) is 11.6 Å². The Hall–Kier alpha value is -2.05. The first kappa shape index (κ1) is 22.2. The maximum absolute atomic E-state index is 12.9. The van der Waals surface area contributed by atoms with Crippen LogP contribution >= 0.6 is 11.6 Å². The minimum Gasteiger partial charge on any atom is -0.348 e. The zero-order valence-corrected chi connectivity index (χ0v) is 18.6. The van der Waals surface area contributed by atoms with Gasteiger partial charge in [0.2, 0.25) is 15.9 Å². The zero-order valence-electron chi connectivity index (χ0n) is 17.1. The van der Waals surface area contributed by atoms with Crippen LogP contribution in [0.1, 0.15) is 42.1 Å². The SMILES string of the molecule is Cc1cc(C)c([C@H](C)NC(=O)[C@H](C)N(c2cccc(Cl)c2)S(C)(=O)=O)cc1C. The second-order valence-corrected chi connectivity index (χ2v) is 9.53. The fourth-order valence-corrected chi connectivity index (χ4v) is 4.63. The number of hydrogen-bond acceptors (Lipinski definition) is 3. The standard InChI is InChI=1S/C21H27ClN2O3S/c1-13-10-15(3)20(11-14(13)2)16(4)23-21(25)17(5)24(28(6,26)27)19-9-7-8-18(22)12-19/h7-12,16-17H,1-6H3,(H,23,25)/t16-,17-/m0/s1. The molecule has 0 radical (unpaired) electrons. The number of rotatable bonds is 6. The summed E-state index contributed by atoms with van der Waals surface area (Å²) in [6.45, 7) is 9.54. The van der Waals surface area contributed by atoms with Gasteiger partial charge in [-0.25, -0.2) is 8.42 Å². The van der Waals surface area contributed by atoms with Crippen molar-refractivity contribution in [2.75, 3.05) is 10.6 Å². The Morgan fingerprint density at radius 3 is 2.21 bits per heavy atom. The summed E-state index contributed by atoms with van der Waals surface area (Å²) in [4.78, 5) is 12.9. The number of hydrogen-bond donors (Lipinski definition) is 1. The van der Waals surface area contributed by atoms with Crippen molar-refractivity contribution in [2.45, 2.75) is 46.7 Å². The number of carbonyl (C=O) groups excluding carboxylic acids is 1. The molecular weight excluding hydrogens is 396 g/mol. The first-order valence-electron chi connectivity index (χ1n) is 9.05. The van der Waals surface area contributed by atoms with E-state index in [4.69, 9.17) is 11.6 Å². The van der Waals surface area contributed by atoms with E-state index in [2.05, 4.69) is 17.4 Å². The van der Waals surface area contributed by atoms with Crippen molar-refractivity contribution >= 4 is 33.2 Å². The van der Waals surface area contributed by atoms with E-state index in [0.717, 1.165) is 27.3 Å². The second kappa shape index (κ2) is 8.53. The number of halogens is 1. The molecule has 152 valence electrons. The molecule has 0 heterocycles. The van der Waals surface area contributed by atoms with Gasteiger partial charge in [-0.3, -0.25) is 9.10 Å². The molecule has 0 aliphatic carbocycles. The number of sulfonamides is 1. The van der Waals surface area contributed by atoms with Gasteiger partial charge in [-0.05, 0) is 75.1 Å². The molecule has 2 aromatic carbocycles. The van der Waals surface area contributed by atoms with Crippen LogP contribution in [0.2, 0.25) is 5.02 Å². The zero-order chi connectivity index (χ0) is 21.2. The number of nitrogens with zero attached hydrogens (tertiary/aromatic N) is 1. The van der Waals surface area contributed by atoms with E-state index in [1.54, 1.807) is 25.1 Å². The molecule has 5 nitrogen and oxygen atoms in total. The third kappa shape index (κ3) is 5.06. The van der Waals surface area contributed by atoms with Gasteiger partial charge >= 0.3 is 0 Å². The molecule has 0 aliphatic rings. The molecule has 0 saturated heterocycles. The van der Waals surface area contributed by atoms with Crippen LogP contribution in [0.5, 0.6) is 0 Å². The molecule has 0 spiro atoms. The monoisotopic (exact) mass is 422 g/mol. The summed E-state index contributed by atoms with van der Waals surface area (Å²) in [5.74, 6) is -0.379. The predicted octanol–water partition coefficient (Wildman–Crippen LogP) is 4.30. The lowest BCUT2D eigenvalue weighted by Gasteiger charge is -2.29. The van der Waals surface area contributed by atoms with Gasteiger partial charge in [-0.1, -0.05) is 29.8 Å². The maximum atomic E-state index is 12.9. The number of carbonyl (C=O) groups is 1. The molecule has 1 N–H and O–H groups in total. The van der Waals surface area contributed by atoms with E-state index < -0.39 is 16.1 Å². The Kier molecular flexibility index (Phi) is 6.78. The summed E-state index contributed by atoms with van der Waals surface area (Å²) in [5.41, 5.74) is 4.78. The van der Waals surface area contributed by atoms with Crippen LogP contribution in [-0.4, -0.2) is 26.6 Å². The normalized spacial score (nSPS) is 13.7. The number of nitrogens with one attached hydrogen (secondary N) is 1. The Labute approximate surface area is 172 Å². The molecule has 0 unspecified atom stereocenters. The van der Waals surface area contributed by atoms with Gasteiger partial charge in [0.1, 0.15) is 6.04 Å². The van der Waals surface area contributed by atoms with Crippen molar-refractivity contribution in [3.63, 3.8) is 0 Å². The maximum Gasteiger partial charge on any atom is 0.244 e. The van der Waals surface area contributed by atoms with E-state index in [0.29, 0.717) is 10.7 Å². The quantitative estimate of drug-likeness (QED) is 0.754. The van der Waals surface area contributed by atoms with Crippen molar-refractivity contribution in [1.82, 2.24) is 5.32 Å². The van der Waals surface area contributed by atoms with Crippen molar-refractivity contribution in [3.05, 3.63) is 63.7 Å². The summed E-state index contributed by atoms with van der Waals surface area (Å²) < 4.78 is 25.9. The topological polar surface area (TPSA) is 66.5 Å². The highest BCUT2D eigenvalue weighted by atomic mass is 35.5. The number of amides is 1. The molecule has 2 aromatic rings. The summed E-state index contributed by atoms with van der Waals surface area (Å²) >= 11 is 6.01. The fraction of sp³-hybridized carbons (Fsp3) is 0.381. The summed E-state index contributed by atoms with van der Waals surface area (Å²) in [5, 5.41) is 3.34. The molecule has 0 aromatic heterocycles. The third-order valence-electron chi connectivity index (χ3n) is 4.86. The summed E-state index contributed by atoms with van der Waals surface area (Å²) in [6, 6.07) is 9.42. The van der Waals surface area contributed by atoms with Crippen LogP contribution in [0, 0.1) is 20.8 Å². The largest absolute Gasteiger partial charge is 0.348 e. The summed E-state index contributed by atoms with van der Waals surface area (Å²) in [7, 11) is -3.69. The molecule has 2 rings (SSSR count). The van der Waals surface area contributed by atoms with Crippen molar-refractivity contribution in [1.29, 1.82) is 0 Å². The van der Waals surface area contributed by atoms with Crippen molar-refractivity contribution < 1.29 is 13.2 Å². The highest BCUT2D eigenvalue weighted by molar-refractivity contribution is 7.92. The van der Waals surface area contributed by atoms with Gasteiger partial charge in [0.15, 0.2) is 0 Å². The molecule has 0 bridgehead atoms. The van der Waals surface area contributed by atoms with Crippen LogP contribution in [-0.2, 0) is 14.8 Å². The minimum absolute atomic E-state index is 0.255. The number of aryl methyl sites for hydroxylation is 3. The van der Waals surface area contributed by atoms with Crippen molar-refractivity contribution in [2.24, 2.45) is 0 Å². The average molecular weight is 423 g/mol. The van der Waals surface area contributed by atoms with Gasteiger partial charge in [-0.2, -0.15) is 0 Å². The Bertz CT molecular complexity index is 989. The van der Waals surface area contributed by atoms with Gasteiger partial charge in [-0.15, -0.1) is 0 Å². The van der Waals surface area contributed by atoms with Gasteiger partial charge in [0.05, 0.1) is 18.0 Å². The van der Waals surface area contributed by atoms with E-state index in [-0.39, 0.29) is 11.9 Å². The van der Waals surface area contributed by atoms with E-state index in [1.807, 2.05) is 27.7 Å². The first-order valence-corrected chi connectivity index (χ1v) is 11.3. The summed E-state index contributed by atoms with van der Waals surface area (Å²) in [6.07, 6.45) is 1.08. The smallest absolute Gasteiger partial charge is 0.244 e. The molecular formula is C21H27ClN2O3S. The van der Waals surface area contributed by atoms with Crippen LogP contribution in [0.3, 0.4) is 0 Å². The highest BCUT2D eigenvalue weighted by Gasteiger charge is 2.30. The first-order chi connectivity index (χ1) is 12.9. The molecule has 0 saturated carbocycles. The Balaban J connectivity index is 2.30. The molecule has 7 heteroatoms. The lowest BCUT2D eigenvalue weighted by Crippen LogP contribution is -2.48. The van der Waals surface area contributed by atoms with Crippen LogP contribution in [0.4, 0.5) is 5.69 Å². The predicted molar refractivity (Wildman–Crippen MR) is 115 cm³/mol. The molecule has 2 atom stereocenters. The van der Waals surface area contributed by atoms with Gasteiger partial charge < -0.3 is 5.32 Å². The molecule has 0 fully saturated rings. The average Bonchev–Trinajstić information content (AvgIpc) is 2.56. The number of anilines is 1. The van der Waals surface area contributed by atoms with Crippen molar-refractivity contribution in [3.8, 4) is 0 Å². The highest BCUT2D eigenvalue weighted by Crippen LogP contribution is 2.25. The van der Waals surface area contributed by atoms with Crippen LogP contribution < -0.4 is 9.62 Å². The minimum atomic E-state index is -3.69.